The third-order valence-electron chi connectivity index (χ3n) is 3.04. The molecule has 0 N–H and O–H groups in total. The Bertz CT molecular complexity index is 490. The average Bonchev–Trinajstić information content (AvgIpc) is 2.38. The van der Waals surface area contributed by atoms with Crippen molar-refractivity contribution < 1.29 is 14.3 Å². The molecule has 1 unspecified atom stereocenters. The van der Waals surface area contributed by atoms with Crippen LogP contribution in [0.1, 0.15) is 20.8 Å². The van der Waals surface area contributed by atoms with E-state index in [-0.39, 0.29) is 5.91 Å². The van der Waals surface area contributed by atoms with Crippen LogP contribution in [-0.4, -0.2) is 31.8 Å². The van der Waals surface area contributed by atoms with Gasteiger partial charge in [-0.2, -0.15) is 0 Å². The maximum absolute atomic E-state index is 12.2. The number of carbonyl (C=O) groups is 1. The van der Waals surface area contributed by atoms with Gasteiger partial charge in [0.25, 0.3) is 5.91 Å². The van der Waals surface area contributed by atoms with Crippen LogP contribution in [0, 0.1) is 9.49 Å². The molecule has 4 nitrogen and oxygen atoms in total. The maximum Gasteiger partial charge on any atom is 0.267 e. The number of benzene rings is 1. The number of hydrogen-bond acceptors (Lipinski definition) is 3. The number of fused-ring (bicyclic) bond motifs is 1. The smallest absolute Gasteiger partial charge is 0.267 e. The molecule has 1 aromatic rings. The summed E-state index contributed by atoms with van der Waals surface area (Å²) < 4.78 is 12.3. The molecule has 2 rings (SSSR count). The third kappa shape index (κ3) is 3.63. The Morgan fingerprint density at radius 2 is 2.20 bits per heavy atom. The van der Waals surface area contributed by atoms with Gasteiger partial charge < -0.3 is 14.4 Å². The first kappa shape index (κ1) is 15.6. The molecule has 110 valence electrons. The van der Waals surface area contributed by atoms with Crippen LogP contribution in [0.15, 0.2) is 18.2 Å². The zero-order valence-electron chi connectivity index (χ0n) is 12.1. The number of hydrogen-bond donors (Lipinski definition) is 0. The van der Waals surface area contributed by atoms with E-state index in [0.717, 1.165) is 15.0 Å². The van der Waals surface area contributed by atoms with E-state index in [1.165, 1.54) is 0 Å². The molecule has 5 heteroatoms. The van der Waals surface area contributed by atoms with Crippen LogP contribution in [0.2, 0.25) is 0 Å². The van der Waals surface area contributed by atoms with Crippen molar-refractivity contribution in [2.75, 3.05) is 24.7 Å². The molecule has 0 aliphatic carbocycles. The molecule has 0 saturated carbocycles. The van der Waals surface area contributed by atoms with Crippen molar-refractivity contribution in [2.24, 2.45) is 5.92 Å². The Labute approximate surface area is 133 Å². The van der Waals surface area contributed by atoms with E-state index in [0.29, 0.717) is 25.7 Å². The molecule has 1 aliphatic heterocycles. The highest BCUT2D eigenvalue weighted by Crippen LogP contribution is 2.35. The second-order valence-corrected chi connectivity index (χ2v) is 6.58. The number of nitrogens with zero attached hydrogens (tertiary/aromatic N) is 1. The highest BCUT2D eigenvalue weighted by molar-refractivity contribution is 14.1. The SMILES string of the molecule is CC(C)COCCN1C(=O)C(C)Oc2cc(I)ccc21. The highest BCUT2D eigenvalue weighted by Gasteiger charge is 2.31. The first-order valence-corrected chi connectivity index (χ1v) is 7.92. The molecule has 0 spiro atoms. The Balaban J connectivity index is 2.09. The average molecular weight is 389 g/mol. The van der Waals surface area contributed by atoms with Crippen LogP contribution in [-0.2, 0) is 9.53 Å². The van der Waals surface area contributed by atoms with Crippen molar-refractivity contribution in [1.82, 2.24) is 0 Å². The summed E-state index contributed by atoms with van der Waals surface area (Å²) in [5.41, 5.74) is 0.835. The fraction of sp³-hybridized carbons (Fsp3) is 0.533. The molecular formula is C15H20INO3. The first-order chi connectivity index (χ1) is 9.49. The molecule has 1 heterocycles. The van der Waals surface area contributed by atoms with Crippen LogP contribution >= 0.6 is 22.6 Å². The Morgan fingerprint density at radius 1 is 1.45 bits per heavy atom. The number of rotatable bonds is 5. The van der Waals surface area contributed by atoms with Crippen molar-refractivity contribution in [2.45, 2.75) is 26.9 Å². The second kappa shape index (κ2) is 6.76. The lowest BCUT2D eigenvalue weighted by atomic mass is 10.2. The van der Waals surface area contributed by atoms with Crippen LogP contribution in [0.3, 0.4) is 0 Å². The summed E-state index contributed by atoms with van der Waals surface area (Å²) in [6.45, 7) is 7.83. The van der Waals surface area contributed by atoms with Crippen LogP contribution in [0.25, 0.3) is 0 Å². The van der Waals surface area contributed by atoms with Gasteiger partial charge >= 0.3 is 0 Å². The molecule has 0 fully saturated rings. The first-order valence-electron chi connectivity index (χ1n) is 6.84. The Hall–Kier alpha value is -0.820. The lowest BCUT2D eigenvalue weighted by Gasteiger charge is -2.33. The van der Waals surface area contributed by atoms with Crippen LogP contribution in [0.4, 0.5) is 5.69 Å². The van der Waals surface area contributed by atoms with E-state index in [2.05, 4.69) is 36.4 Å². The minimum atomic E-state index is -0.439. The zero-order chi connectivity index (χ0) is 14.7. The summed E-state index contributed by atoms with van der Waals surface area (Å²) >= 11 is 2.24. The van der Waals surface area contributed by atoms with Crippen molar-refractivity contribution in [3.63, 3.8) is 0 Å². The maximum atomic E-state index is 12.2. The largest absolute Gasteiger partial charge is 0.479 e. The Morgan fingerprint density at radius 3 is 2.90 bits per heavy atom. The van der Waals surface area contributed by atoms with Crippen LogP contribution in [0.5, 0.6) is 5.75 Å². The van der Waals surface area contributed by atoms with E-state index in [4.69, 9.17) is 9.47 Å². The van der Waals surface area contributed by atoms with Gasteiger partial charge in [-0.05, 0) is 53.6 Å². The molecule has 1 aromatic carbocycles. The third-order valence-corrected chi connectivity index (χ3v) is 3.71. The van der Waals surface area contributed by atoms with Gasteiger partial charge in [-0.15, -0.1) is 0 Å². The summed E-state index contributed by atoms with van der Waals surface area (Å²) in [5.74, 6) is 1.27. The van der Waals surface area contributed by atoms with E-state index in [1.54, 1.807) is 11.8 Å². The lowest BCUT2D eigenvalue weighted by Crippen LogP contribution is -2.46. The van der Waals surface area contributed by atoms with E-state index < -0.39 is 6.10 Å². The van der Waals surface area contributed by atoms with Crippen molar-refractivity contribution in [3.8, 4) is 5.75 Å². The minimum absolute atomic E-state index is 0.00754. The fourth-order valence-electron chi connectivity index (χ4n) is 2.09. The summed E-state index contributed by atoms with van der Waals surface area (Å²) in [6.07, 6.45) is -0.439. The monoisotopic (exact) mass is 389 g/mol. The number of carbonyl (C=O) groups excluding carboxylic acids is 1. The van der Waals surface area contributed by atoms with Gasteiger partial charge in [-0.25, -0.2) is 0 Å². The summed E-state index contributed by atoms with van der Waals surface area (Å²) in [7, 11) is 0. The Kier molecular flexibility index (Phi) is 5.26. The molecule has 0 radical (unpaired) electrons. The topological polar surface area (TPSA) is 38.8 Å². The number of anilines is 1. The predicted molar refractivity (Wildman–Crippen MR) is 87.3 cm³/mol. The summed E-state index contributed by atoms with van der Waals surface area (Å²) in [5, 5.41) is 0. The standard InChI is InChI=1S/C15H20INO3/c1-10(2)9-19-7-6-17-13-5-4-12(16)8-14(13)20-11(3)15(17)18/h4-5,8,10-11H,6-7,9H2,1-3H3. The van der Waals surface area contributed by atoms with Gasteiger partial charge in [0.1, 0.15) is 5.75 Å². The number of ether oxygens (including phenoxy) is 2. The van der Waals surface area contributed by atoms with Gasteiger partial charge in [-0.1, -0.05) is 13.8 Å². The normalized spacial score (nSPS) is 18.1. The van der Waals surface area contributed by atoms with Gasteiger partial charge in [0.2, 0.25) is 0 Å². The zero-order valence-corrected chi connectivity index (χ0v) is 14.2. The van der Waals surface area contributed by atoms with Crippen molar-refractivity contribution in [1.29, 1.82) is 0 Å². The molecule has 20 heavy (non-hydrogen) atoms. The van der Waals surface area contributed by atoms with Crippen molar-refractivity contribution in [3.05, 3.63) is 21.8 Å². The lowest BCUT2D eigenvalue weighted by molar-refractivity contribution is -0.125. The quantitative estimate of drug-likeness (QED) is 0.574. The second-order valence-electron chi connectivity index (χ2n) is 5.33. The molecule has 1 amide bonds. The van der Waals surface area contributed by atoms with Gasteiger partial charge in [0, 0.05) is 16.7 Å². The van der Waals surface area contributed by atoms with E-state index in [1.807, 2.05) is 18.2 Å². The number of halogens is 1. The van der Waals surface area contributed by atoms with Gasteiger partial charge in [-0.3, -0.25) is 4.79 Å². The van der Waals surface area contributed by atoms with Crippen LogP contribution < -0.4 is 9.64 Å². The summed E-state index contributed by atoms with van der Waals surface area (Å²) in [6, 6.07) is 5.87. The molecule has 1 aliphatic rings. The summed E-state index contributed by atoms with van der Waals surface area (Å²) in [4.78, 5) is 14.0. The minimum Gasteiger partial charge on any atom is -0.479 e. The molecular weight excluding hydrogens is 369 g/mol. The molecule has 0 bridgehead atoms. The highest BCUT2D eigenvalue weighted by atomic mass is 127. The van der Waals surface area contributed by atoms with Crippen molar-refractivity contribution >= 4 is 34.2 Å². The molecule has 1 atom stereocenters. The molecule has 0 saturated heterocycles. The van der Waals surface area contributed by atoms with E-state index >= 15 is 0 Å². The number of amides is 1. The van der Waals surface area contributed by atoms with Gasteiger partial charge in [0.15, 0.2) is 6.10 Å². The fourth-order valence-corrected chi connectivity index (χ4v) is 2.55. The van der Waals surface area contributed by atoms with Gasteiger partial charge in [0.05, 0.1) is 12.3 Å². The van der Waals surface area contributed by atoms with E-state index in [9.17, 15) is 4.79 Å². The predicted octanol–water partition coefficient (Wildman–Crippen LogP) is 3.08. The molecule has 0 aromatic heterocycles.